The number of thiophene rings is 1. The summed E-state index contributed by atoms with van der Waals surface area (Å²) in [5.41, 5.74) is 2.38. The maximum absolute atomic E-state index is 12.8. The van der Waals surface area contributed by atoms with Crippen LogP contribution in [0.5, 0.6) is 0 Å². The highest BCUT2D eigenvalue weighted by atomic mass is 32.1. The molecule has 2 atom stereocenters. The summed E-state index contributed by atoms with van der Waals surface area (Å²) in [5, 5.41) is 32.2. The fourth-order valence-corrected chi connectivity index (χ4v) is 5.19. The number of hydrogen-bond acceptors (Lipinski definition) is 6. The van der Waals surface area contributed by atoms with Crippen molar-refractivity contribution in [1.82, 2.24) is 4.90 Å². The highest BCUT2D eigenvalue weighted by molar-refractivity contribution is 7.17. The number of carbonyl (C=O) groups is 2. The molecule has 3 rings (SSSR count). The first-order valence-electron chi connectivity index (χ1n) is 10.1. The summed E-state index contributed by atoms with van der Waals surface area (Å²) in [6, 6.07) is 7.11. The van der Waals surface area contributed by atoms with E-state index < -0.39 is 18.2 Å². The minimum atomic E-state index is -1.01. The Labute approximate surface area is 180 Å². The van der Waals surface area contributed by atoms with Crippen molar-refractivity contribution < 1.29 is 24.9 Å². The van der Waals surface area contributed by atoms with Crippen LogP contribution in [0.1, 0.15) is 57.0 Å². The molecule has 2 unspecified atom stereocenters. The molecule has 2 aromatic rings. The van der Waals surface area contributed by atoms with Gasteiger partial charge in [0.05, 0.1) is 17.8 Å². The molecular weight excluding hydrogens is 404 g/mol. The van der Waals surface area contributed by atoms with Gasteiger partial charge in [-0.15, -0.1) is 11.3 Å². The van der Waals surface area contributed by atoms with Gasteiger partial charge in [0, 0.05) is 30.1 Å². The summed E-state index contributed by atoms with van der Waals surface area (Å²) < 4.78 is 0. The van der Waals surface area contributed by atoms with Gasteiger partial charge >= 0.3 is 5.97 Å². The zero-order chi connectivity index (χ0) is 21.8. The van der Waals surface area contributed by atoms with Gasteiger partial charge in [-0.05, 0) is 56.4 Å². The van der Waals surface area contributed by atoms with E-state index in [9.17, 15) is 24.9 Å². The third kappa shape index (κ3) is 5.46. The number of aliphatic hydroxyl groups is 2. The Hall–Kier alpha value is -2.26. The van der Waals surface area contributed by atoms with Gasteiger partial charge < -0.3 is 20.6 Å². The van der Waals surface area contributed by atoms with Gasteiger partial charge in [0.2, 0.25) is 0 Å². The molecule has 0 spiro atoms. The Morgan fingerprint density at radius 1 is 1.17 bits per heavy atom. The van der Waals surface area contributed by atoms with Gasteiger partial charge in [0.25, 0.3) is 5.91 Å². The number of benzene rings is 1. The van der Waals surface area contributed by atoms with E-state index in [4.69, 9.17) is 0 Å². The standard InChI is InChI=1S/C22H28N2O5S/c1-13(25)10-24(11-14(2)26)12-15-5-3-6-16(9-15)20(27)23-21-19(22(28)29)17-7-4-8-18(17)30-21/h3,5-6,9,13-14,25-26H,4,7-8,10-12H2,1-2H3,(H,23,27)(H,28,29). The molecule has 8 heteroatoms. The van der Waals surface area contributed by atoms with E-state index in [1.807, 2.05) is 11.0 Å². The SMILES string of the molecule is CC(O)CN(Cc1cccc(C(=O)Nc2sc3c(c2C(=O)O)CCC3)c1)CC(C)O. The summed E-state index contributed by atoms with van der Waals surface area (Å²) in [6.45, 7) is 4.67. The van der Waals surface area contributed by atoms with Crippen LogP contribution in [-0.4, -0.2) is 57.4 Å². The predicted molar refractivity (Wildman–Crippen MR) is 116 cm³/mol. The van der Waals surface area contributed by atoms with Crippen LogP contribution in [-0.2, 0) is 19.4 Å². The third-order valence-corrected chi connectivity index (χ3v) is 6.21. The summed E-state index contributed by atoms with van der Waals surface area (Å²) in [5.74, 6) is -1.36. The number of aryl methyl sites for hydroxylation is 1. The van der Waals surface area contributed by atoms with Crippen LogP contribution in [0.2, 0.25) is 0 Å². The van der Waals surface area contributed by atoms with Crippen molar-refractivity contribution in [3.63, 3.8) is 0 Å². The lowest BCUT2D eigenvalue weighted by atomic mass is 10.1. The predicted octanol–water partition coefficient (Wildman–Crippen LogP) is 2.75. The normalized spacial score (nSPS) is 15.1. The van der Waals surface area contributed by atoms with Crippen molar-refractivity contribution in [2.45, 2.75) is 51.9 Å². The van der Waals surface area contributed by atoms with Crippen LogP contribution in [0.15, 0.2) is 24.3 Å². The van der Waals surface area contributed by atoms with Gasteiger partial charge in [-0.3, -0.25) is 9.69 Å². The van der Waals surface area contributed by atoms with Gasteiger partial charge in [-0.1, -0.05) is 12.1 Å². The fourth-order valence-electron chi connectivity index (χ4n) is 3.91. The van der Waals surface area contributed by atoms with E-state index in [2.05, 4.69) is 5.32 Å². The highest BCUT2D eigenvalue weighted by Gasteiger charge is 2.27. The van der Waals surface area contributed by atoms with E-state index in [0.29, 0.717) is 30.2 Å². The van der Waals surface area contributed by atoms with Crippen molar-refractivity contribution in [3.8, 4) is 0 Å². The zero-order valence-electron chi connectivity index (χ0n) is 17.2. The molecule has 30 heavy (non-hydrogen) atoms. The number of nitrogens with one attached hydrogen (secondary N) is 1. The number of carboxylic acids is 1. The van der Waals surface area contributed by atoms with E-state index in [0.717, 1.165) is 35.3 Å². The minimum absolute atomic E-state index is 0.219. The quantitative estimate of drug-likeness (QED) is 0.485. The van der Waals surface area contributed by atoms with E-state index in [1.165, 1.54) is 11.3 Å². The number of carboxylic acid groups (broad SMARTS) is 1. The number of aromatic carboxylic acids is 1. The second-order valence-electron chi connectivity index (χ2n) is 7.91. The Bertz CT molecular complexity index is 912. The number of carbonyl (C=O) groups excluding carboxylic acids is 1. The van der Waals surface area contributed by atoms with Crippen molar-refractivity contribution >= 4 is 28.2 Å². The first kappa shape index (κ1) is 22.4. The molecule has 1 aromatic carbocycles. The maximum atomic E-state index is 12.8. The van der Waals surface area contributed by atoms with Crippen LogP contribution in [0.3, 0.4) is 0 Å². The number of amides is 1. The van der Waals surface area contributed by atoms with Crippen molar-refractivity contribution in [1.29, 1.82) is 0 Å². The number of anilines is 1. The van der Waals surface area contributed by atoms with Crippen LogP contribution in [0.4, 0.5) is 5.00 Å². The molecule has 0 saturated carbocycles. The largest absolute Gasteiger partial charge is 0.478 e. The molecule has 1 amide bonds. The maximum Gasteiger partial charge on any atom is 0.339 e. The Kier molecular flexibility index (Phi) is 7.25. The average molecular weight is 433 g/mol. The van der Waals surface area contributed by atoms with Gasteiger partial charge in [-0.25, -0.2) is 4.79 Å². The summed E-state index contributed by atoms with van der Waals surface area (Å²) >= 11 is 1.35. The minimum Gasteiger partial charge on any atom is -0.478 e. The summed E-state index contributed by atoms with van der Waals surface area (Å²) in [4.78, 5) is 27.5. The van der Waals surface area contributed by atoms with Crippen LogP contribution >= 0.6 is 11.3 Å². The Morgan fingerprint density at radius 2 is 1.87 bits per heavy atom. The first-order chi connectivity index (χ1) is 14.2. The Morgan fingerprint density at radius 3 is 2.50 bits per heavy atom. The van der Waals surface area contributed by atoms with Crippen molar-refractivity contribution in [2.24, 2.45) is 0 Å². The smallest absolute Gasteiger partial charge is 0.339 e. The number of aliphatic hydroxyl groups excluding tert-OH is 2. The summed E-state index contributed by atoms with van der Waals surface area (Å²) in [6.07, 6.45) is 1.47. The van der Waals surface area contributed by atoms with E-state index in [1.54, 1.807) is 32.0 Å². The monoisotopic (exact) mass is 432 g/mol. The van der Waals surface area contributed by atoms with Crippen LogP contribution in [0.25, 0.3) is 0 Å². The van der Waals surface area contributed by atoms with E-state index >= 15 is 0 Å². The molecule has 1 heterocycles. The van der Waals surface area contributed by atoms with E-state index in [-0.39, 0.29) is 11.5 Å². The lowest BCUT2D eigenvalue weighted by Crippen LogP contribution is -2.35. The number of fused-ring (bicyclic) bond motifs is 1. The molecule has 0 fully saturated rings. The topological polar surface area (TPSA) is 110 Å². The fraction of sp³-hybridized carbons (Fsp3) is 0.455. The summed E-state index contributed by atoms with van der Waals surface area (Å²) in [7, 11) is 0. The van der Waals surface area contributed by atoms with Gasteiger partial charge in [0.15, 0.2) is 0 Å². The number of hydrogen-bond donors (Lipinski definition) is 4. The molecular formula is C22H28N2O5S. The second kappa shape index (κ2) is 9.70. The first-order valence-corrected chi connectivity index (χ1v) is 10.9. The van der Waals surface area contributed by atoms with Crippen molar-refractivity contribution in [2.75, 3.05) is 18.4 Å². The molecule has 1 aliphatic rings. The average Bonchev–Trinajstić information content (AvgIpc) is 3.21. The molecule has 7 nitrogen and oxygen atoms in total. The third-order valence-electron chi connectivity index (χ3n) is 5.00. The van der Waals surface area contributed by atoms with Gasteiger partial charge in [0.1, 0.15) is 5.00 Å². The highest BCUT2D eigenvalue weighted by Crippen LogP contribution is 2.39. The van der Waals surface area contributed by atoms with Crippen LogP contribution in [0, 0.1) is 0 Å². The van der Waals surface area contributed by atoms with Gasteiger partial charge in [-0.2, -0.15) is 0 Å². The molecule has 0 aliphatic heterocycles. The Balaban J connectivity index is 1.76. The number of nitrogens with zero attached hydrogens (tertiary/aromatic N) is 1. The molecule has 0 bridgehead atoms. The molecule has 162 valence electrons. The zero-order valence-corrected chi connectivity index (χ0v) is 18.0. The number of rotatable bonds is 9. The van der Waals surface area contributed by atoms with Crippen molar-refractivity contribution in [3.05, 3.63) is 51.4 Å². The molecule has 4 N–H and O–H groups in total. The molecule has 1 aliphatic carbocycles. The van der Waals surface area contributed by atoms with Crippen LogP contribution < -0.4 is 5.32 Å². The molecule has 0 saturated heterocycles. The molecule has 1 aromatic heterocycles. The lowest BCUT2D eigenvalue weighted by Gasteiger charge is -2.25. The molecule has 0 radical (unpaired) electrons. The second-order valence-corrected chi connectivity index (χ2v) is 9.02. The lowest BCUT2D eigenvalue weighted by molar-refractivity contribution is 0.0697.